The molecule has 4 heterocycles. The molecule has 0 aliphatic heterocycles. The van der Waals surface area contributed by atoms with E-state index in [1.807, 2.05) is 0 Å². The van der Waals surface area contributed by atoms with Gasteiger partial charge in [0.25, 0.3) is 0 Å². The maximum atomic E-state index is 12.8. The number of rotatable bonds is 8. The molecule has 5 rings (SSSR count). The second-order valence-electron chi connectivity index (χ2n) is 7.94. The Bertz CT molecular complexity index is 1780. The molecule has 0 fully saturated rings. The van der Waals surface area contributed by atoms with E-state index in [1.54, 1.807) is 34.9 Å². The fourth-order valence-corrected chi connectivity index (χ4v) is 4.76. The number of sulfonamides is 1. The van der Waals surface area contributed by atoms with E-state index >= 15 is 0 Å². The molecule has 4 N–H and O–H groups in total. The van der Waals surface area contributed by atoms with Gasteiger partial charge in [-0.2, -0.15) is 0 Å². The third-order valence-electron chi connectivity index (χ3n) is 5.36. The van der Waals surface area contributed by atoms with E-state index < -0.39 is 15.8 Å². The molecule has 38 heavy (non-hydrogen) atoms. The van der Waals surface area contributed by atoms with Crippen molar-refractivity contribution in [1.82, 2.24) is 34.7 Å². The standard InChI is InChI=1S/C23H21N9O5S/c1-36-16-6-4-7-17(37-2)21(16)32-15-9-18(31-38(34,35)12-19-25-10-13(24)11-26-19)29-30-22(15)28-23(32)14-5-3-8-20(33)27-14/h3-11H,12,24H2,1-2H3,(H,27,33)(H,29,31). The van der Waals surface area contributed by atoms with Gasteiger partial charge in [-0.05, 0) is 18.2 Å². The molecule has 0 amide bonds. The SMILES string of the molecule is COc1cccc(OC)c1-n1c(-c2cccc(=O)[nH]2)nc2nnc(NS(=O)(=O)Cc3ncc(N)cn3)cc21. The normalized spacial score (nSPS) is 11.4. The Hall–Kier alpha value is -5.05. The topological polar surface area (TPSA) is 193 Å². The second-order valence-corrected chi connectivity index (χ2v) is 9.67. The Kier molecular flexibility index (Phi) is 6.34. The van der Waals surface area contributed by atoms with Crippen molar-refractivity contribution in [2.24, 2.45) is 0 Å². The van der Waals surface area contributed by atoms with Crippen LogP contribution < -0.4 is 25.5 Å². The summed E-state index contributed by atoms with van der Waals surface area (Å²) < 4.78 is 40.9. The summed E-state index contributed by atoms with van der Waals surface area (Å²) in [6.45, 7) is 0. The number of methoxy groups -OCH3 is 2. The van der Waals surface area contributed by atoms with Crippen LogP contribution >= 0.6 is 0 Å². The lowest BCUT2D eigenvalue weighted by Gasteiger charge is -2.16. The van der Waals surface area contributed by atoms with E-state index in [4.69, 9.17) is 15.2 Å². The molecule has 0 saturated heterocycles. The Labute approximate surface area is 215 Å². The van der Waals surface area contributed by atoms with Crippen LogP contribution in [-0.2, 0) is 15.8 Å². The number of hydrogen-bond acceptors (Lipinski definition) is 11. The van der Waals surface area contributed by atoms with Gasteiger partial charge < -0.3 is 20.2 Å². The van der Waals surface area contributed by atoms with E-state index in [0.717, 1.165) is 0 Å². The quantitative estimate of drug-likeness (QED) is 0.261. The Morgan fingerprint density at radius 1 is 1.03 bits per heavy atom. The summed E-state index contributed by atoms with van der Waals surface area (Å²) in [7, 11) is -0.968. The summed E-state index contributed by atoms with van der Waals surface area (Å²) in [5, 5.41) is 8.10. The van der Waals surface area contributed by atoms with E-state index in [0.29, 0.717) is 39.9 Å². The smallest absolute Gasteiger partial charge is 0.248 e. The lowest BCUT2D eigenvalue weighted by Crippen LogP contribution is -2.18. The van der Waals surface area contributed by atoms with Crippen LogP contribution in [0.3, 0.4) is 0 Å². The number of nitrogen functional groups attached to an aromatic ring is 1. The number of imidazole rings is 1. The number of nitrogens with two attached hydrogens (primary N) is 1. The monoisotopic (exact) mass is 535 g/mol. The summed E-state index contributed by atoms with van der Waals surface area (Å²) in [4.78, 5) is 27.3. The van der Waals surface area contributed by atoms with Crippen molar-refractivity contribution in [1.29, 1.82) is 0 Å². The highest BCUT2D eigenvalue weighted by molar-refractivity contribution is 7.91. The van der Waals surface area contributed by atoms with Crippen LogP contribution in [0.1, 0.15) is 5.82 Å². The van der Waals surface area contributed by atoms with Gasteiger partial charge in [0.05, 0.1) is 43.5 Å². The first-order chi connectivity index (χ1) is 18.3. The highest BCUT2D eigenvalue weighted by Crippen LogP contribution is 2.38. The molecule has 5 aromatic rings. The molecule has 4 aromatic heterocycles. The number of fused-ring (bicyclic) bond motifs is 1. The minimum absolute atomic E-state index is 0.0554. The lowest BCUT2D eigenvalue weighted by atomic mass is 10.2. The van der Waals surface area contributed by atoms with Crippen molar-refractivity contribution in [3.8, 4) is 28.7 Å². The minimum atomic E-state index is -3.97. The third kappa shape index (κ3) is 4.81. The van der Waals surface area contributed by atoms with Crippen molar-refractivity contribution in [2.75, 3.05) is 24.7 Å². The van der Waals surface area contributed by atoms with Gasteiger partial charge in [0, 0.05) is 12.1 Å². The van der Waals surface area contributed by atoms with Gasteiger partial charge in [0.15, 0.2) is 11.6 Å². The van der Waals surface area contributed by atoms with Crippen LogP contribution in [0.2, 0.25) is 0 Å². The largest absolute Gasteiger partial charge is 0.494 e. The van der Waals surface area contributed by atoms with Crippen molar-refractivity contribution < 1.29 is 17.9 Å². The highest BCUT2D eigenvalue weighted by Gasteiger charge is 2.24. The van der Waals surface area contributed by atoms with E-state index in [1.165, 1.54) is 38.7 Å². The van der Waals surface area contributed by atoms with Crippen LogP contribution in [0.15, 0.2) is 59.7 Å². The first-order valence-electron chi connectivity index (χ1n) is 11.0. The molecule has 0 bridgehead atoms. The van der Waals surface area contributed by atoms with Gasteiger partial charge in [-0.25, -0.2) is 23.4 Å². The molecule has 0 aliphatic rings. The van der Waals surface area contributed by atoms with Crippen LogP contribution in [0.4, 0.5) is 11.5 Å². The minimum Gasteiger partial charge on any atom is -0.494 e. The number of ether oxygens (including phenoxy) is 2. The first kappa shape index (κ1) is 24.6. The van der Waals surface area contributed by atoms with Gasteiger partial charge >= 0.3 is 0 Å². The molecule has 0 unspecified atom stereocenters. The number of nitrogens with zero attached hydrogens (tertiary/aromatic N) is 6. The van der Waals surface area contributed by atoms with Crippen LogP contribution in [0.5, 0.6) is 11.5 Å². The van der Waals surface area contributed by atoms with Gasteiger partial charge in [0.2, 0.25) is 21.2 Å². The van der Waals surface area contributed by atoms with Crippen LogP contribution in [0, 0.1) is 0 Å². The molecule has 194 valence electrons. The number of aromatic nitrogens is 7. The summed E-state index contributed by atoms with van der Waals surface area (Å²) in [5.74, 6) is 0.634. The molecule has 1 aromatic carbocycles. The van der Waals surface area contributed by atoms with Crippen LogP contribution in [0.25, 0.3) is 28.4 Å². The number of nitrogens with one attached hydrogen (secondary N) is 2. The van der Waals surface area contributed by atoms with E-state index in [9.17, 15) is 13.2 Å². The number of aromatic amines is 1. The summed E-state index contributed by atoms with van der Waals surface area (Å²) in [5.41, 5.74) is 6.93. The zero-order valence-corrected chi connectivity index (χ0v) is 20.9. The lowest BCUT2D eigenvalue weighted by molar-refractivity contribution is 0.391. The average Bonchev–Trinajstić information content (AvgIpc) is 3.27. The maximum absolute atomic E-state index is 12.8. The van der Waals surface area contributed by atoms with Gasteiger partial charge in [-0.3, -0.25) is 14.1 Å². The van der Waals surface area contributed by atoms with E-state index in [2.05, 4.69) is 34.9 Å². The number of anilines is 2. The zero-order valence-electron chi connectivity index (χ0n) is 20.1. The molecule has 0 aliphatic carbocycles. The molecule has 14 nitrogen and oxygen atoms in total. The first-order valence-corrected chi connectivity index (χ1v) is 12.7. The number of benzene rings is 1. The predicted octanol–water partition coefficient (Wildman–Crippen LogP) is 1.50. The Balaban J connectivity index is 1.67. The van der Waals surface area contributed by atoms with Crippen molar-refractivity contribution in [2.45, 2.75) is 5.75 Å². The summed E-state index contributed by atoms with van der Waals surface area (Å²) in [6.07, 6.45) is 2.64. The molecule has 15 heteroatoms. The van der Waals surface area contributed by atoms with Gasteiger partial charge in [0.1, 0.15) is 28.8 Å². The third-order valence-corrected chi connectivity index (χ3v) is 6.52. The second kappa shape index (κ2) is 9.78. The molecule has 0 saturated carbocycles. The van der Waals surface area contributed by atoms with Gasteiger partial charge in [-0.15, -0.1) is 10.2 Å². The van der Waals surface area contributed by atoms with Crippen molar-refractivity contribution in [3.63, 3.8) is 0 Å². The van der Waals surface area contributed by atoms with Gasteiger partial charge in [-0.1, -0.05) is 12.1 Å². The molecule has 0 atom stereocenters. The average molecular weight is 536 g/mol. The summed E-state index contributed by atoms with van der Waals surface area (Å²) in [6, 6.07) is 11.3. The molecule has 0 spiro atoms. The molecular weight excluding hydrogens is 514 g/mol. The predicted molar refractivity (Wildman–Crippen MR) is 139 cm³/mol. The Morgan fingerprint density at radius 2 is 1.71 bits per heavy atom. The fraction of sp³-hybridized carbons (Fsp3) is 0.130. The molecular formula is C23H21N9O5S. The number of hydrogen-bond donors (Lipinski definition) is 3. The Morgan fingerprint density at radius 3 is 2.37 bits per heavy atom. The molecule has 0 radical (unpaired) electrons. The number of H-pyrrole nitrogens is 1. The number of para-hydroxylation sites is 1. The highest BCUT2D eigenvalue weighted by atomic mass is 32.2. The van der Waals surface area contributed by atoms with Crippen LogP contribution in [-0.4, -0.2) is 57.3 Å². The van der Waals surface area contributed by atoms with Crippen molar-refractivity contribution in [3.05, 3.63) is 71.0 Å². The number of pyridine rings is 1. The summed E-state index contributed by atoms with van der Waals surface area (Å²) >= 11 is 0. The maximum Gasteiger partial charge on any atom is 0.248 e. The van der Waals surface area contributed by atoms with E-state index in [-0.39, 0.29) is 22.8 Å². The fourth-order valence-electron chi connectivity index (χ4n) is 3.78. The zero-order chi connectivity index (χ0) is 26.9. The van der Waals surface area contributed by atoms with Crippen molar-refractivity contribution >= 4 is 32.7 Å².